The third-order valence-corrected chi connectivity index (χ3v) is 3.94. The minimum Gasteiger partial charge on any atom is -0.396 e. The highest BCUT2D eigenvalue weighted by molar-refractivity contribution is 5.56. The third kappa shape index (κ3) is 3.28. The number of anilines is 1. The zero-order valence-corrected chi connectivity index (χ0v) is 12.3. The molecule has 2 atom stereocenters. The monoisotopic (exact) mass is 262 g/mol. The molecule has 1 aromatic carbocycles. The zero-order valence-electron chi connectivity index (χ0n) is 12.3. The maximum absolute atomic E-state index is 9.27. The van der Waals surface area contributed by atoms with Crippen LogP contribution >= 0.6 is 0 Å². The molecule has 3 heteroatoms. The fourth-order valence-electron chi connectivity index (χ4n) is 2.90. The van der Waals surface area contributed by atoms with E-state index in [2.05, 4.69) is 55.3 Å². The molecule has 1 aliphatic heterocycles. The van der Waals surface area contributed by atoms with Crippen LogP contribution < -0.4 is 10.2 Å². The molecule has 0 aromatic heterocycles. The predicted molar refractivity (Wildman–Crippen MR) is 80.8 cm³/mol. The van der Waals surface area contributed by atoms with Gasteiger partial charge in [-0.15, -0.1) is 0 Å². The van der Waals surface area contributed by atoms with Gasteiger partial charge in [0.25, 0.3) is 0 Å². The van der Waals surface area contributed by atoms with Crippen molar-refractivity contribution in [2.75, 3.05) is 24.6 Å². The molecule has 1 aromatic rings. The Morgan fingerprint density at radius 2 is 2.11 bits per heavy atom. The third-order valence-electron chi connectivity index (χ3n) is 3.94. The minimum absolute atomic E-state index is 0.251. The van der Waals surface area contributed by atoms with Gasteiger partial charge in [-0.2, -0.15) is 0 Å². The molecule has 1 aliphatic rings. The first-order chi connectivity index (χ1) is 9.13. The summed E-state index contributed by atoms with van der Waals surface area (Å²) in [4.78, 5) is 2.48. The second-order valence-electron chi connectivity index (χ2n) is 5.84. The summed E-state index contributed by atoms with van der Waals surface area (Å²) in [6.45, 7) is 8.92. The van der Waals surface area contributed by atoms with Gasteiger partial charge in [-0.25, -0.2) is 0 Å². The Hall–Kier alpha value is -1.06. The van der Waals surface area contributed by atoms with Crippen molar-refractivity contribution in [3.63, 3.8) is 0 Å². The van der Waals surface area contributed by atoms with Gasteiger partial charge in [-0.05, 0) is 30.9 Å². The number of piperazine rings is 1. The Morgan fingerprint density at radius 1 is 1.37 bits per heavy atom. The van der Waals surface area contributed by atoms with Crippen LogP contribution in [0.5, 0.6) is 0 Å². The van der Waals surface area contributed by atoms with E-state index in [1.165, 1.54) is 11.3 Å². The summed E-state index contributed by atoms with van der Waals surface area (Å²) in [5.41, 5.74) is 2.74. The lowest BCUT2D eigenvalue weighted by molar-refractivity contribution is 0.260. The highest BCUT2D eigenvalue weighted by Gasteiger charge is 2.27. The molecule has 1 fully saturated rings. The largest absolute Gasteiger partial charge is 0.396 e. The van der Waals surface area contributed by atoms with Gasteiger partial charge in [0, 0.05) is 37.5 Å². The van der Waals surface area contributed by atoms with Gasteiger partial charge in [0.1, 0.15) is 0 Å². The molecular formula is C16H26N2O. The number of aliphatic hydroxyl groups excluding tert-OH is 1. The van der Waals surface area contributed by atoms with Crippen LogP contribution in [0.3, 0.4) is 0 Å². The molecular weight excluding hydrogens is 236 g/mol. The van der Waals surface area contributed by atoms with Gasteiger partial charge in [-0.1, -0.05) is 32.0 Å². The second-order valence-corrected chi connectivity index (χ2v) is 5.84. The quantitative estimate of drug-likeness (QED) is 0.874. The maximum atomic E-state index is 9.27. The number of para-hydroxylation sites is 1. The Labute approximate surface area is 116 Å². The van der Waals surface area contributed by atoms with E-state index in [4.69, 9.17) is 0 Å². The molecule has 106 valence electrons. The van der Waals surface area contributed by atoms with Crippen LogP contribution in [0, 0.1) is 0 Å². The van der Waals surface area contributed by atoms with Crippen LogP contribution in [0.1, 0.15) is 38.7 Å². The minimum atomic E-state index is 0.251. The van der Waals surface area contributed by atoms with Crippen molar-refractivity contribution in [1.29, 1.82) is 0 Å². The van der Waals surface area contributed by atoms with Crippen molar-refractivity contribution < 1.29 is 5.11 Å². The van der Waals surface area contributed by atoms with E-state index in [0.717, 1.165) is 19.5 Å². The number of benzene rings is 1. The average molecular weight is 262 g/mol. The van der Waals surface area contributed by atoms with Gasteiger partial charge in [0.05, 0.1) is 0 Å². The van der Waals surface area contributed by atoms with E-state index in [0.29, 0.717) is 18.0 Å². The van der Waals surface area contributed by atoms with Crippen molar-refractivity contribution in [2.24, 2.45) is 0 Å². The summed E-state index contributed by atoms with van der Waals surface area (Å²) >= 11 is 0. The van der Waals surface area contributed by atoms with Crippen LogP contribution in [-0.4, -0.2) is 36.9 Å². The molecule has 0 spiro atoms. The van der Waals surface area contributed by atoms with Gasteiger partial charge in [0.15, 0.2) is 0 Å². The fraction of sp³-hybridized carbons (Fsp3) is 0.625. The van der Waals surface area contributed by atoms with E-state index in [9.17, 15) is 5.11 Å². The van der Waals surface area contributed by atoms with Crippen LogP contribution in [0.2, 0.25) is 0 Å². The van der Waals surface area contributed by atoms with E-state index < -0.39 is 0 Å². The summed E-state index contributed by atoms with van der Waals surface area (Å²) in [7, 11) is 0. The SMILES string of the molecule is CC1CN(c2ccccc2C(C)C)C(CCO)CN1. The van der Waals surface area contributed by atoms with Gasteiger partial charge >= 0.3 is 0 Å². The predicted octanol–water partition coefficient (Wildman–Crippen LogP) is 2.36. The van der Waals surface area contributed by atoms with Gasteiger partial charge in [0.2, 0.25) is 0 Å². The summed E-state index contributed by atoms with van der Waals surface area (Å²) in [5, 5.41) is 12.8. The number of hydrogen-bond donors (Lipinski definition) is 2. The Bertz CT molecular complexity index is 405. The lowest BCUT2D eigenvalue weighted by Crippen LogP contribution is -2.56. The van der Waals surface area contributed by atoms with Crippen LogP contribution in [0.25, 0.3) is 0 Å². The Balaban J connectivity index is 2.30. The molecule has 0 aliphatic carbocycles. The number of hydrogen-bond acceptors (Lipinski definition) is 3. The normalized spacial score (nSPS) is 23.9. The van der Waals surface area contributed by atoms with Crippen LogP contribution in [-0.2, 0) is 0 Å². The van der Waals surface area contributed by atoms with Crippen LogP contribution in [0.15, 0.2) is 24.3 Å². The molecule has 1 heterocycles. The number of nitrogens with zero attached hydrogens (tertiary/aromatic N) is 1. The van der Waals surface area contributed by atoms with E-state index in [1.54, 1.807) is 0 Å². The first-order valence-corrected chi connectivity index (χ1v) is 7.33. The number of nitrogens with one attached hydrogen (secondary N) is 1. The maximum Gasteiger partial charge on any atom is 0.0451 e. The Kier molecular flexibility index (Phi) is 4.83. The molecule has 0 bridgehead atoms. The zero-order chi connectivity index (χ0) is 13.8. The topological polar surface area (TPSA) is 35.5 Å². The molecule has 3 nitrogen and oxygen atoms in total. The second kappa shape index (κ2) is 6.40. The molecule has 0 saturated carbocycles. The highest BCUT2D eigenvalue weighted by Crippen LogP contribution is 2.30. The van der Waals surface area contributed by atoms with Crippen molar-refractivity contribution in [3.05, 3.63) is 29.8 Å². The molecule has 19 heavy (non-hydrogen) atoms. The van der Waals surface area contributed by atoms with E-state index in [1.807, 2.05) is 0 Å². The first-order valence-electron chi connectivity index (χ1n) is 7.33. The van der Waals surface area contributed by atoms with Gasteiger partial charge in [-0.3, -0.25) is 0 Å². The number of rotatable bonds is 4. The molecule has 0 amide bonds. The van der Waals surface area contributed by atoms with Gasteiger partial charge < -0.3 is 15.3 Å². The summed E-state index contributed by atoms with van der Waals surface area (Å²) in [6.07, 6.45) is 0.826. The fourth-order valence-corrected chi connectivity index (χ4v) is 2.90. The van der Waals surface area contributed by atoms with E-state index >= 15 is 0 Å². The van der Waals surface area contributed by atoms with Crippen molar-refractivity contribution in [1.82, 2.24) is 5.32 Å². The molecule has 0 radical (unpaired) electrons. The van der Waals surface area contributed by atoms with Crippen molar-refractivity contribution in [3.8, 4) is 0 Å². The first kappa shape index (κ1) is 14.4. The standard InChI is InChI=1S/C16H26N2O/c1-12(2)15-6-4-5-7-16(15)18-11-13(3)17-10-14(18)8-9-19/h4-7,12-14,17,19H,8-11H2,1-3H3. The lowest BCUT2D eigenvalue weighted by Gasteiger charge is -2.42. The summed E-state index contributed by atoms with van der Waals surface area (Å²) in [6, 6.07) is 9.56. The lowest BCUT2D eigenvalue weighted by atomic mass is 9.97. The van der Waals surface area contributed by atoms with Crippen LogP contribution in [0.4, 0.5) is 5.69 Å². The molecule has 2 unspecified atom stereocenters. The van der Waals surface area contributed by atoms with E-state index in [-0.39, 0.29) is 6.61 Å². The molecule has 2 rings (SSSR count). The smallest absolute Gasteiger partial charge is 0.0451 e. The highest BCUT2D eigenvalue weighted by atomic mass is 16.3. The van der Waals surface area contributed by atoms with Crippen molar-refractivity contribution in [2.45, 2.75) is 45.2 Å². The summed E-state index contributed by atoms with van der Waals surface area (Å²) in [5.74, 6) is 0.524. The summed E-state index contributed by atoms with van der Waals surface area (Å²) < 4.78 is 0. The van der Waals surface area contributed by atoms with Crippen molar-refractivity contribution >= 4 is 5.69 Å². The molecule has 2 N–H and O–H groups in total. The molecule has 1 saturated heterocycles. The Morgan fingerprint density at radius 3 is 2.79 bits per heavy atom. The number of aliphatic hydroxyl groups is 1. The average Bonchev–Trinajstić information content (AvgIpc) is 2.41.